The third-order valence-corrected chi connectivity index (χ3v) is 7.16. The lowest BCUT2D eigenvalue weighted by Crippen LogP contribution is -2.16. The van der Waals surface area contributed by atoms with Gasteiger partial charge in [0.25, 0.3) is 5.69 Å². The van der Waals surface area contributed by atoms with Gasteiger partial charge in [-0.2, -0.15) is 0 Å². The van der Waals surface area contributed by atoms with Gasteiger partial charge in [-0.25, -0.2) is 16.8 Å². The Balaban J connectivity index is 2.18. The van der Waals surface area contributed by atoms with E-state index in [1.165, 1.54) is 18.2 Å². The van der Waals surface area contributed by atoms with Crippen LogP contribution in [0.15, 0.2) is 63.7 Å². The molecule has 13 heteroatoms. The number of hydrogen-bond acceptors (Lipinski definition) is 9. The lowest BCUT2D eigenvalue weighted by Gasteiger charge is -2.12. The van der Waals surface area contributed by atoms with Gasteiger partial charge in [-0.1, -0.05) is 19.1 Å². The predicted molar refractivity (Wildman–Crippen MR) is 124 cm³/mol. The Morgan fingerprint density at radius 3 is 2.33 bits per heavy atom. The predicted octanol–water partition coefficient (Wildman–Crippen LogP) is 4.42. The average Bonchev–Trinajstić information content (AvgIpc) is 2.72. The maximum Gasteiger partial charge on any atom is 0.270 e. The van der Waals surface area contributed by atoms with Crippen LogP contribution in [0.4, 0.5) is 22.7 Å². The molecular weight excluding hydrogens is 472 g/mol. The molecule has 3 aromatic carbocycles. The molecule has 0 fully saturated rings. The number of sulfonamides is 1. The molecule has 0 saturated carbocycles. The summed E-state index contributed by atoms with van der Waals surface area (Å²) in [6, 6.07) is 10.5. The van der Waals surface area contributed by atoms with E-state index in [9.17, 15) is 32.1 Å². The molecular formula is C20H20N4O7S2. The third-order valence-electron chi connectivity index (χ3n) is 4.55. The van der Waals surface area contributed by atoms with E-state index in [2.05, 4.69) is 15.0 Å². The number of nitro benzene ring substituents is 1. The Labute approximate surface area is 189 Å². The smallest absolute Gasteiger partial charge is 0.270 e. The number of nitrogens with one attached hydrogen (secondary N) is 1. The van der Waals surface area contributed by atoms with E-state index in [4.69, 9.17) is 0 Å². The Morgan fingerprint density at radius 2 is 1.70 bits per heavy atom. The molecule has 0 unspecified atom stereocenters. The second kappa shape index (κ2) is 9.11. The van der Waals surface area contributed by atoms with Crippen molar-refractivity contribution in [3.05, 3.63) is 58.6 Å². The molecule has 0 atom stereocenters. The van der Waals surface area contributed by atoms with Gasteiger partial charge >= 0.3 is 0 Å². The van der Waals surface area contributed by atoms with Crippen LogP contribution in [0.2, 0.25) is 0 Å². The van der Waals surface area contributed by atoms with Crippen molar-refractivity contribution in [1.82, 2.24) is 0 Å². The summed E-state index contributed by atoms with van der Waals surface area (Å²) in [5, 5.41) is 29.9. The Bertz CT molecular complexity index is 1480. The van der Waals surface area contributed by atoms with Crippen molar-refractivity contribution >= 4 is 53.4 Å². The van der Waals surface area contributed by atoms with Crippen LogP contribution in [0.25, 0.3) is 10.8 Å². The van der Waals surface area contributed by atoms with Gasteiger partial charge in [0.2, 0.25) is 10.0 Å². The van der Waals surface area contributed by atoms with Crippen molar-refractivity contribution in [2.45, 2.75) is 18.2 Å². The number of phenolic OH excluding ortho intramolecular Hbond substituents is 1. The Kier molecular flexibility index (Phi) is 6.65. The first-order valence-electron chi connectivity index (χ1n) is 9.58. The number of sulfone groups is 1. The minimum absolute atomic E-state index is 0.112. The van der Waals surface area contributed by atoms with E-state index >= 15 is 0 Å². The number of non-ortho nitro benzene ring substituents is 1. The lowest BCUT2D eigenvalue weighted by molar-refractivity contribution is -0.385. The van der Waals surface area contributed by atoms with Crippen molar-refractivity contribution in [1.29, 1.82) is 0 Å². The van der Waals surface area contributed by atoms with Crippen molar-refractivity contribution < 1.29 is 26.9 Å². The van der Waals surface area contributed by atoms with Gasteiger partial charge in [0.05, 0.1) is 22.1 Å². The van der Waals surface area contributed by atoms with Crippen LogP contribution in [-0.4, -0.2) is 38.9 Å². The van der Waals surface area contributed by atoms with Gasteiger partial charge in [-0.3, -0.25) is 14.8 Å². The van der Waals surface area contributed by atoms with Crippen molar-refractivity contribution in [2.75, 3.05) is 16.7 Å². The number of nitrogens with zero attached hydrogens (tertiary/aromatic N) is 3. The molecule has 0 aliphatic carbocycles. The molecule has 174 valence electrons. The van der Waals surface area contributed by atoms with Crippen LogP contribution in [0.3, 0.4) is 0 Å². The van der Waals surface area contributed by atoms with Gasteiger partial charge in [-0.15, -0.1) is 10.2 Å². The minimum Gasteiger partial charge on any atom is -0.507 e. The highest BCUT2D eigenvalue weighted by Gasteiger charge is 2.19. The van der Waals surface area contributed by atoms with Crippen LogP contribution < -0.4 is 4.72 Å². The van der Waals surface area contributed by atoms with Crippen LogP contribution >= 0.6 is 0 Å². The largest absolute Gasteiger partial charge is 0.507 e. The molecule has 0 aliphatic heterocycles. The molecule has 2 N–H and O–H groups in total. The van der Waals surface area contributed by atoms with Crippen LogP contribution in [-0.2, 0) is 19.9 Å². The molecule has 11 nitrogen and oxygen atoms in total. The van der Waals surface area contributed by atoms with E-state index < -0.39 is 30.5 Å². The molecule has 0 spiro atoms. The molecule has 0 amide bonds. The number of rotatable bonds is 8. The standard InChI is InChI=1S/C20H20N4O7S2/c1-3-11-33(30,31)23-17-6-4-5-14-18(25)10-9-16(20(14)17)22-21-15-8-7-13(24(26)27)12-19(15)32(2,28)29/h4-10,12,23,25H,3,11H2,1-2H3. The number of hydrogen-bond donors (Lipinski definition) is 2. The first-order chi connectivity index (χ1) is 15.4. The number of aromatic hydroxyl groups is 1. The maximum absolute atomic E-state index is 12.3. The highest BCUT2D eigenvalue weighted by molar-refractivity contribution is 7.92. The summed E-state index contributed by atoms with van der Waals surface area (Å²) in [7, 11) is -7.53. The molecule has 0 heterocycles. The van der Waals surface area contributed by atoms with E-state index in [-0.39, 0.29) is 38.8 Å². The van der Waals surface area contributed by atoms with E-state index in [0.29, 0.717) is 11.8 Å². The van der Waals surface area contributed by atoms with Crippen molar-refractivity contribution in [3.63, 3.8) is 0 Å². The number of phenols is 1. The highest BCUT2D eigenvalue weighted by Crippen LogP contribution is 2.39. The highest BCUT2D eigenvalue weighted by atomic mass is 32.2. The summed E-state index contributed by atoms with van der Waals surface area (Å²) in [5.41, 5.74) is -0.237. The zero-order valence-electron chi connectivity index (χ0n) is 17.6. The quantitative estimate of drug-likeness (QED) is 0.266. The molecule has 3 aromatic rings. The zero-order valence-corrected chi connectivity index (χ0v) is 19.2. The summed E-state index contributed by atoms with van der Waals surface area (Å²) in [6.45, 7) is 1.72. The number of azo groups is 1. The number of nitro groups is 1. The van der Waals surface area contributed by atoms with Gasteiger partial charge in [0.15, 0.2) is 9.84 Å². The normalized spacial score (nSPS) is 12.3. The van der Waals surface area contributed by atoms with Crippen LogP contribution in [0.1, 0.15) is 13.3 Å². The molecule has 0 bridgehead atoms. The SMILES string of the molecule is CCCS(=O)(=O)Nc1cccc2c(O)ccc(N=Nc3ccc([N+](=O)[O-])cc3S(C)(=O)=O)c12. The fraction of sp³-hybridized carbons (Fsp3) is 0.200. The fourth-order valence-electron chi connectivity index (χ4n) is 3.13. The van der Waals surface area contributed by atoms with Gasteiger partial charge < -0.3 is 5.11 Å². The Morgan fingerprint density at radius 1 is 1.03 bits per heavy atom. The van der Waals surface area contributed by atoms with Crippen molar-refractivity contribution in [2.24, 2.45) is 10.2 Å². The van der Waals surface area contributed by atoms with Crippen LogP contribution in [0, 0.1) is 10.1 Å². The Hall–Kier alpha value is -3.58. The number of anilines is 1. The first-order valence-corrected chi connectivity index (χ1v) is 13.1. The van der Waals surface area contributed by atoms with Crippen LogP contribution in [0.5, 0.6) is 5.75 Å². The molecule has 0 saturated heterocycles. The average molecular weight is 493 g/mol. The second-order valence-electron chi connectivity index (χ2n) is 7.13. The fourth-order valence-corrected chi connectivity index (χ4v) is 5.10. The topological polar surface area (TPSA) is 168 Å². The molecule has 0 aromatic heterocycles. The summed E-state index contributed by atoms with van der Waals surface area (Å²) in [6.07, 6.45) is 1.29. The first kappa shape index (κ1) is 24.1. The van der Waals surface area contributed by atoms with Gasteiger partial charge in [0, 0.05) is 29.2 Å². The molecule has 0 aliphatic rings. The summed E-state index contributed by atoms with van der Waals surface area (Å²) in [4.78, 5) is 9.92. The monoisotopic (exact) mass is 492 g/mol. The van der Waals surface area contributed by atoms with E-state index in [1.54, 1.807) is 19.1 Å². The third kappa shape index (κ3) is 5.43. The van der Waals surface area contributed by atoms with Gasteiger partial charge in [0.1, 0.15) is 16.3 Å². The van der Waals surface area contributed by atoms with Gasteiger partial charge in [-0.05, 0) is 30.7 Å². The molecule has 33 heavy (non-hydrogen) atoms. The summed E-state index contributed by atoms with van der Waals surface area (Å²) in [5.74, 6) is -0.229. The summed E-state index contributed by atoms with van der Waals surface area (Å²) < 4.78 is 51.4. The second-order valence-corrected chi connectivity index (χ2v) is 11.0. The zero-order chi connectivity index (χ0) is 24.4. The number of fused-ring (bicyclic) bond motifs is 1. The lowest BCUT2D eigenvalue weighted by atomic mass is 10.1. The maximum atomic E-state index is 12.3. The molecule has 0 radical (unpaired) electrons. The van der Waals surface area contributed by atoms with E-state index in [1.807, 2.05) is 0 Å². The van der Waals surface area contributed by atoms with E-state index in [0.717, 1.165) is 24.5 Å². The van der Waals surface area contributed by atoms with Crippen molar-refractivity contribution in [3.8, 4) is 5.75 Å². The minimum atomic E-state index is -3.87. The molecule has 3 rings (SSSR count). The number of benzene rings is 3. The summed E-state index contributed by atoms with van der Waals surface area (Å²) >= 11 is 0.